The number of hydrogen-bond acceptors (Lipinski definition) is 4. The molecule has 5 nitrogen and oxygen atoms in total. The van der Waals surface area contributed by atoms with Crippen molar-refractivity contribution in [2.45, 2.75) is 51.6 Å². The molecule has 0 amide bonds. The predicted octanol–water partition coefficient (Wildman–Crippen LogP) is 2.06. The summed E-state index contributed by atoms with van der Waals surface area (Å²) in [5.41, 5.74) is 7.07. The number of aromatic nitrogens is 2. The van der Waals surface area contributed by atoms with Gasteiger partial charge in [0.25, 0.3) is 0 Å². The van der Waals surface area contributed by atoms with Crippen molar-refractivity contribution in [3.63, 3.8) is 0 Å². The summed E-state index contributed by atoms with van der Waals surface area (Å²) in [5.74, 6) is 1.33. The normalized spacial score (nSPS) is 23.8. The molecule has 0 saturated carbocycles. The second kappa shape index (κ2) is 6.31. The van der Waals surface area contributed by atoms with E-state index >= 15 is 0 Å². The third-order valence-corrected chi connectivity index (χ3v) is 3.84. The molecule has 1 fully saturated rings. The van der Waals surface area contributed by atoms with Crippen molar-refractivity contribution in [1.82, 2.24) is 15.3 Å². The molecule has 0 radical (unpaired) electrons. The van der Waals surface area contributed by atoms with Gasteiger partial charge >= 0.3 is 0 Å². The van der Waals surface area contributed by atoms with Gasteiger partial charge < -0.3 is 11.1 Å². The summed E-state index contributed by atoms with van der Waals surface area (Å²) in [6.45, 7) is 7.45. The molecule has 5 heteroatoms. The first kappa shape index (κ1) is 14.9. The number of nitrogens with two attached hydrogens (primary N) is 1. The summed E-state index contributed by atoms with van der Waals surface area (Å²) in [6, 6.07) is 0.0740. The van der Waals surface area contributed by atoms with Crippen LogP contribution in [0.25, 0.3) is 0 Å². The van der Waals surface area contributed by atoms with Gasteiger partial charge in [0.1, 0.15) is 6.33 Å². The predicted molar refractivity (Wildman–Crippen MR) is 81.5 cm³/mol. The molecule has 0 spiro atoms. The largest absolute Gasteiger partial charge is 0.388 e. The van der Waals surface area contributed by atoms with Gasteiger partial charge in [-0.2, -0.15) is 0 Å². The number of nitrogens with one attached hydrogen (secondary N) is 1. The maximum Gasteiger partial charge on any atom is 0.115 e. The molecule has 0 aromatic carbocycles. The summed E-state index contributed by atoms with van der Waals surface area (Å²) < 4.78 is 0. The second-order valence-corrected chi connectivity index (χ2v) is 6.37. The summed E-state index contributed by atoms with van der Waals surface area (Å²) >= 11 is 0. The molecule has 1 aliphatic rings. The van der Waals surface area contributed by atoms with Gasteiger partial charge in [0.05, 0.1) is 11.9 Å². The molecular formula is C15H25N5. The van der Waals surface area contributed by atoms with Gasteiger partial charge in [-0.1, -0.05) is 0 Å². The molecule has 1 saturated heterocycles. The highest BCUT2D eigenvalue weighted by molar-refractivity contribution is 5.77. The molecule has 2 atom stereocenters. The fraction of sp³-hybridized carbons (Fsp3) is 0.667. The minimum absolute atomic E-state index is 0.0740. The Morgan fingerprint density at radius 2 is 2.20 bits per heavy atom. The van der Waals surface area contributed by atoms with Crippen molar-refractivity contribution in [2.75, 3.05) is 6.54 Å². The quantitative estimate of drug-likeness (QED) is 0.637. The molecule has 3 N–H and O–H groups in total. The average Bonchev–Trinajstić information content (AvgIpc) is 2.75. The van der Waals surface area contributed by atoms with Crippen molar-refractivity contribution in [2.24, 2.45) is 16.6 Å². The summed E-state index contributed by atoms with van der Waals surface area (Å²) in [7, 11) is 0. The SMILES string of the molecule is CC(N)=NC(CCC1CNC(C)(C)C1)c1cncnc1. The first-order valence-corrected chi connectivity index (χ1v) is 7.26. The third kappa shape index (κ3) is 4.27. The highest BCUT2D eigenvalue weighted by Gasteiger charge is 2.30. The molecule has 0 aliphatic carbocycles. The molecule has 110 valence electrons. The number of hydrogen-bond donors (Lipinski definition) is 2. The summed E-state index contributed by atoms with van der Waals surface area (Å²) in [6.07, 6.45) is 8.57. The zero-order valence-corrected chi connectivity index (χ0v) is 12.6. The Balaban J connectivity index is 1.97. The van der Waals surface area contributed by atoms with Crippen LogP contribution in [0.3, 0.4) is 0 Å². The number of nitrogens with zero attached hydrogens (tertiary/aromatic N) is 3. The van der Waals surface area contributed by atoms with Crippen molar-refractivity contribution in [3.05, 3.63) is 24.3 Å². The molecule has 1 aromatic rings. The van der Waals surface area contributed by atoms with Gasteiger partial charge in [0.15, 0.2) is 0 Å². The summed E-state index contributed by atoms with van der Waals surface area (Å²) in [5, 5.41) is 3.57. The fourth-order valence-corrected chi connectivity index (χ4v) is 2.92. The van der Waals surface area contributed by atoms with E-state index < -0.39 is 0 Å². The van der Waals surface area contributed by atoms with Gasteiger partial charge in [-0.15, -0.1) is 0 Å². The van der Waals surface area contributed by atoms with E-state index in [1.54, 1.807) is 6.33 Å². The van der Waals surface area contributed by atoms with Crippen LogP contribution in [-0.4, -0.2) is 27.9 Å². The minimum atomic E-state index is 0.0740. The maximum atomic E-state index is 5.75. The maximum absolute atomic E-state index is 5.75. The van der Waals surface area contributed by atoms with Crippen LogP contribution in [0, 0.1) is 5.92 Å². The zero-order valence-electron chi connectivity index (χ0n) is 12.6. The van der Waals surface area contributed by atoms with Crippen LogP contribution in [0.5, 0.6) is 0 Å². The van der Waals surface area contributed by atoms with Crippen LogP contribution >= 0.6 is 0 Å². The molecule has 2 heterocycles. The van der Waals surface area contributed by atoms with E-state index in [1.807, 2.05) is 19.3 Å². The molecule has 2 unspecified atom stereocenters. The Kier molecular flexibility index (Phi) is 4.70. The van der Waals surface area contributed by atoms with E-state index in [1.165, 1.54) is 6.42 Å². The van der Waals surface area contributed by atoms with Crippen LogP contribution in [0.4, 0.5) is 0 Å². The van der Waals surface area contributed by atoms with Crippen molar-refractivity contribution in [1.29, 1.82) is 0 Å². The van der Waals surface area contributed by atoms with Gasteiger partial charge in [0.2, 0.25) is 0 Å². The lowest BCUT2D eigenvalue weighted by Crippen LogP contribution is -2.31. The second-order valence-electron chi connectivity index (χ2n) is 6.37. The molecule has 20 heavy (non-hydrogen) atoms. The molecular weight excluding hydrogens is 250 g/mol. The van der Waals surface area contributed by atoms with Gasteiger partial charge in [-0.25, -0.2) is 9.97 Å². The lowest BCUT2D eigenvalue weighted by atomic mass is 9.91. The van der Waals surface area contributed by atoms with Crippen molar-refractivity contribution >= 4 is 5.84 Å². The number of aliphatic imine (C=N–C) groups is 1. The average molecular weight is 275 g/mol. The van der Waals surface area contributed by atoms with Crippen LogP contribution in [-0.2, 0) is 0 Å². The lowest BCUT2D eigenvalue weighted by molar-refractivity contribution is 0.419. The van der Waals surface area contributed by atoms with Gasteiger partial charge in [0, 0.05) is 23.5 Å². The van der Waals surface area contributed by atoms with Crippen molar-refractivity contribution < 1.29 is 0 Å². The lowest BCUT2D eigenvalue weighted by Gasteiger charge is -2.18. The van der Waals surface area contributed by atoms with Crippen LogP contribution in [0.1, 0.15) is 51.6 Å². The molecule has 1 aromatic heterocycles. The number of rotatable bonds is 5. The highest BCUT2D eigenvalue weighted by Crippen LogP contribution is 2.30. The highest BCUT2D eigenvalue weighted by atomic mass is 15.0. The molecule has 2 rings (SSSR count). The first-order valence-electron chi connectivity index (χ1n) is 7.26. The van der Waals surface area contributed by atoms with E-state index in [4.69, 9.17) is 5.73 Å². The standard InChI is InChI=1S/C15H25N5/c1-11(16)20-14(13-8-17-10-18-9-13)5-4-12-6-15(2,3)19-7-12/h8-10,12,14,19H,4-7H2,1-3H3,(H2,16,20). The Labute approximate surface area is 121 Å². The Hall–Kier alpha value is -1.49. The third-order valence-electron chi connectivity index (χ3n) is 3.84. The Morgan fingerprint density at radius 3 is 2.75 bits per heavy atom. The zero-order chi connectivity index (χ0) is 14.6. The monoisotopic (exact) mass is 275 g/mol. The van der Waals surface area contributed by atoms with Crippen molar-refractivity contribution in [3.8, 4) is 0 Å². The smallest absolute Gasteiger partial charge is 0.115 e. The Morgan fingerprint density at radius 1 is 1.50 bits per heavy atom. The first-order chi connectivity index (χ1) is 9.46. The van der Waals surface area contributed by atoms with Crippen LogP contribution in [0.15, 0.2) is 23.7 Å². The van der Waals surface area contributed by atoms with E-state index in [0.717, 1.165) is 24.9 Å². The van der Waals surface area contributed by atoms with Crippen LogP contribution in [0.2, 0.25) is 0 Å². The Bertz CT molecular complexity index is 451. The summed E-state index contributed by atoms with van der Waals surface area (Å²) in [4.78, 5) is 12.7. The van der Waals surface area contributed by atoms with Crippen LogP contribution < -0.4 is 11.1 Å². The van der Waals surface area contributed by atoms with E-state index in [0.29, 0.717) is 11.8 Å². The van der Waals surface area contributed by atoms with E-state index in [-0.39, 0.29) is 11.6 Å². The van der Waals surface area contributed by atoms with E-state index in [9.17, 15) is 0 Å². The number of amidine groups is 1. The fourth-order valence-electron chi connectivity index (χ4n) is 2.92. The molecule has 0 bridgehead atoms. The van der Waals surface area contributed by atoms with Gasteiger partial charge in [-0.05, 0) is 52.5 Å². The topological polar surface area (TPSA) is 76.2 Å². The minimum Gasteiger partial charge on any atom is -0.388 e. The van der Waals surface area contributed by atoms with E-state index in [2.05, 4.69) is 34.1 Å². The molecule has 1 aliphatic heterocycles. The van der Waals surface area contributed by atoms with Gasteiger partial charge in [-0.3, -0.25) is 4.99 Å².